The molecule has 3 aromatic rings. The van der Waals surface area contributed by atoms with Crippen molar-refractivity contribution in [1.29, 1.82) is 0 Å². The predicted molar refractivity (Wildman–Crippen MR) is 121 cm³/mol. The number of ether oxygens (including phenoxy) is 1. The molecule has 2 atom stereocenters. The third-order valence-corrected chi connectivity index (χ3v) is 7.44. The summed E-state index contributed by atoms with van der Waals surface area (Å²) in [5.74, 6) is -0.398. The van der Waals surface area contributed by atoms with Gasteiger partial charge >= 0.3 is 0 Å². The van der Waals surface area contributed by atoms with Crippen LogP contribution in [0.4, 0.5) is 5.69 Å². The lowest BCUT2D eigenvalue weighted by atomic mass is 9.97. The van der Waals surface area contributed by atoms with E-state index in [0.717, 1.165) is 73.1 Å². The summed E-state index contributed by atoms with van der Waals surface area (Å²) >= 11 is 6.68. The smallest absolute Gasteiger partial charge is 0.222 e. The van der Waals surface area contributed by atoms with Crippen molar-refractivity contribution in [2.24, 2.45) is 11.7 Å². The third-order valence-electron chi connectivity index (χ3n) is 7.14. The van der Waals surface area contributed by atoms with Crippen LogP contribution in [-0.2, 0) is 9.53 Å². The summed E-state index contributed by atoms with van der Waals surface area (Å²) in [6.45, 7) is 7.72. The number of primary amides is 1. The number of nitrogens with two attached hydrogens (primary N) is 1. The maximum absolute atomic E-state index is 11.4. The maximum atomic E-state index is 11.4. The number of rotatable bonds is 5. The molecular weight excluding hydrogens is 430 g/mol. The van der Waals surface area contributed by atoms with Crippen molar-refractivity contribution in [2.45, 2.75) is 24.9 Å². The fraction of sp³-hybridized carbons (Fsp3) is 0.500. The molecule has 2 aliphatic heterocycles. The minimum atomic E-state index is -0.269. The molecule has 9 nitrogen and oxygen atoms in total. The average molecular weight is 456 g/mol. The Hall–Kier alpha value is -2.62. The van der Waals surface area contributed by atoms with E-state index in [2.05, 4.69) is 33.0 Å². The van der Waals surface area contributed by atoms with Gasteiger partial charge in [-0.25, -0.2) is 4.68 Å². The first-order chi connectivity index (χ1) is 15.4. The Labute approximate surface area is 190 Å². The van der Waals surface area contributed by atoms with Crippen molar-refractivity contribution in [1.82, 2.24) is 24.5 Å². The van der Waals surface area contributed by atoms with E-state index in [4.69, 9.17) is 22.1 Å². The van der Waals surface area contributed by atoms with Gasteiger partial charge in [-0.15, -0.1) is 0 Å². The zero-order valence-corrected chi connectivity index (χ0v) is 18.7. The topological polar surface area (TPSA) is 94.4 Å². The number of carbonyl (C=O) groups is 1. The van der Waals surface area contributed by atoms with Crippen LogP contribution >= 0.6 is 11.6 Å². The van der Waals surface area contributed by atoms with Crippen molar-refractivity contribution in [3.63, 3.8) is 0 Å². The molecule has 1 aromatic carbocycles. The minimum Gasteiger partial charge on any atom is -0.377 e. The molecule has 0 unspecified atom stereocenters. The lowest BCUT2D eigenvalue weighted by Gasteiger charge is -2.50. The molecule has 6 rings (SSSR count). The number of anilines is 1. The van der Waals surface area contributed by atoms with Crippen LogP contribution in [0.2, 0.25) is 5.02 Å². The van der Waals surface area contributed by atoms with Gasteiger partial charge in [0.15, 0.2) is 0 Å². The molecule has 0 bridgehead atoms. The molecule has 1 aliphatic carbocycles. The predicted octanol–water partition coefficient (Wildman–Crippen LogP) is 1.83. The zero-order valence-electron chi connectivity index (χ0n) is 17.9. The molecule has 3 aliphatic rings. The molecule has 2 aromatic heterocycles. The Morgan fingerprint density at radius 3 is 2.62 bits per heavy atom. The minimum absolute atomic E-state index is 0.0484. The van der Waals surface area contributed by atoms with Crippen molar-refractivity contribution < 1.29 is 9.53 Å². The number of halogens is 1. The lowest BCUT2D eigenvalue weighted by molar-refractivity contribution is -0.131. The van der Waals surface area contributed by atoms with E-state index in [1.807, 2.05) is 27.8 Å². The molecule has 2 N–H and O–H groups in total. The van der Waals surface area contributed by atoms with Gasteiger partial charge in [-0.3, -0.25) is 14.4 Å². The Morgan fingerprint density at radius 2 is 1.97 bits per heavy atom. The van der Waals surface area contributed by atoms with Gasteiger partial charge in [-0.1, -0.05) is 11.6 Å². The van der Waals surface area contributed by atoms with Crippen LogP contribution in [0.25, 0.3) is 16.6 Å². The molecule has 3 fully saturated rings. The molecule has 10 heteroatoms. The number of benzene rings is 1. The van der Waals surface area contributed by atoms with Crippen LogP contribution in [0.15, 0.2) is 30.7 Å². The number of hydrogen-bond acceptors (Lipinski definition) is 6. The van der Waals surface area contributed by atoms with E-state index in [1.165, 1.54) is 0 Å². The highest BCUT2D eigenvalue weighted by Crippen LogP contribution is 2.42. The van der Waals surface area contributed by atoms with E-state index in [1.54, 1.807) is 6.20 Å². The summed E-state index contributed by atoms with van der Waals surface area (Å²) < 4.78 is 9.14. The zero-order chi connectivity index (χ0) is 22.0. The van der Waals surface area contributed by atoms with Crippen molar-refractivity contribution in [2.75, 3.05) is 44.3 Å². The Bertz CT molecular complexity index is 1190. The van der Waals surface area contributed by atoms with Crippen LogP contribution in [0.5, 0.6) is 0 Å². The van der Waals surface area contributed by atoms with Gasteiger partial charge in [-0.05, 0) is 25.5 Å². The third kappa shape index (κ3) is 3.18. The number of amides is 1. The second-order valence-corrected chi connectivity index (χ2v) is 9.78. The number of fused-ring (bicyclic) bond motifs is 1. The average Bonchev–Trinajstić information content (AvgIpc) is 3.25. The monoisotopic (exact) mass is 455 g/mol. The molecule has 1 amide bonds. The van der Waals surface area contributed by atoms with Crippen LogP contribution in [0.3, 0.4) is 0 Å². The molecular formula is C22H26ClN7O2. The SMILES string of the molecule is CC1(N2CCN(c3cc4c(cnn4-c4cnn([C@H]5C[C@@H]5C(N)=O)c4)cc3Cl)CC2)COC1. The summed E-state index contributed by atoms with van der Waals surface area (Å²) in [6.07, 6.45) is 6.26. The fourth-order valence-corrected chi connectivity index (χ4v) is 5.24. The summed E-state index contributed by atoms with van der Waals surface area (Å²) in [7, 11) is 0. The van der Waals surface area contributed by atoms with Gasteiger partial charge in [0.1, 0.15) is 5.69 Å². The lowest BCUT2D eigenvalue weighted by Crippen LogP contribution is -2.64. The highest BCUT2D eigenvalue weighted by Gasteiger charge is 2.44. The van der Waals surface area contributed by atoms with Crippen molar-refractivity contribution in [3.05, 3.63) is 35.7 Å². The van der Waals surface area contributed by atoms with Crippen LogP contribution in [0.1, 0.15) is 19.4 Å². The summed E-state index contributed by atoms with van der Waals surface area (Å²) in [5.41, 5.74) is 8.46. The Morgan fingerprint density at radius 1 is 1.19 bits per heavy atom. The van der Waals surface area contributed by atoms with Gasteiger partial charge < -0.3 is 15.4 Å². The van der Waals surface area contributed by atoms with Crippen molar-refractivity contribution >= 4 is 34.1 Å². The Kier molecular flexibility index (Phi) is 4.50. The molecule has 0 spiro atoms. The van der Waals surface area contributed by atoms with E-state index in [0.29, 0.717) is 0 Å². The largest absolute Gasteiger partial charge is 0.377 e. The normalized spacial score (nSPS) is 25.1. The first kappa shape index (κ1) is 20.0. The number of piperazine rings is 1. The quantitative estimate of drug-likeness (QED) is 0.630. The second-order valence-electron chi connectivity index (χ2n) is 9.37. The highest BCUT2D eigenvalue weighted by atomic mass is 35.5. The van der Waals surface area contributed by atoms with Gasteiger partial charge in [-0.2, -0.15) is 10.2 Å². The van der Waals surface area contributed by atoms with Crippen LogP contribution in [-0.4, -0.2) is 75.3 Å². The second kappa shape index (κ2) is 7.19. The van der Waals surface area contributed by atoms with Crippen LogP contribution in [0, 0.1) is 5.92 Å². The van der Waals surface area contributed by atoms with Gasteiger partial charge in [0.05, 0.1) is 65.5 Å². The van der Waals surface area contributed by atoms with Gasteiger partial charge in [0.25, 0.3) is 0 Å². The van der Waals surface area contributed by atoms with E-state index in [9.17, 15) is 4.79 Å². The maximum Gasteiger partial charge on any atom is 0.222 e. The summed E-state index contributed by atoms with van der Waals surface area (Å²) in [5, 5.41) is 10.7. The number of carbonyl (C=O) groups excluding carboxylic acids is 1. The highest BCUT2D eigenvalue weighted by molar-refractivity contribution is 6.34. The number of nitrogens with zero attached hydrogens (tertiary/aromatic N) is 6. The molecule has 168 valence electrons. The van der Waals surface area contributed by atoms with Gasteiger partial charge in [0.2, 0.25) is 5.91 Å². The molecule has 4 heterocycles. The first-order valence-corrected chi connectivity index (χ1v) is 11.4. The molecule has 1 saturated carbocycles. The first-order valence-electron chi connectivity index (χ1n) is 11.0. The van der Waals surface area contributed by atoms with E-state index < -0.39 is 0 Å². The summed E-state index contributed by atoms with van der Waals surface area (Å²) in [4.78, 5) is 16.3. The molecule has 32 heavy (non-hydrogen) atoms. The van der Waals surface area contributed by atoms with Crippen LogP contribution < -0.4 is 10.6 Å². The Balaban J connectivity index is 1.26. The fourth-order valence-electron chi connectivity index (χ4n) is 4.95. The molecule has 2 saturated heterocycles. The number of hydrogen-bond donors (Lipinski definition) is 1. The molecule has 0 radical (unpaired) electrons. The van der Waals surface area contributed by atoms with Crippen molar-refractivity contribution in [3.8, 4) is 5.69 Å². The summed E-state index contributed by atoms with van der Waals surface area (Å²) in [6, 6.07) is 4.15. The number of aromatic nitrogens is 4. The van der Waals surface area contributed by atoms with E-state index in [-0.39, 0.29) is 23.4 Å². The van der Waals surface area contributed by atoms with Gasteiger partial charge in [0, 0.05) is 31.6 Å². The van der Waals surface area contributed by atoms with E-state index >= 15 is 0 Å². The standard InChI is InChI=1S/C22H26ClN7O2/c1-22(12-32-13-22)28-4-2-27(3-5-28)20-8-18-14(6-17(20)23)9-26-30(18)15-10-25-29(11-15)19-7-16(19)21(24)31/h6,8-11,16,19H,2-5,7,12-13H2,1H3,(H2,24,31)/t16-,19-/m0/s1.